The van der Waals surface area contributed by atoms with Gasteiger partial charge in [-0.05, 0) is 24.6 Å². The maximum atomic E-state index is 12.2. The normalized spacial score (nSPS) is 10.1. The topological polar surface area (TPSA) is 76.7 Å². The lowest BCUT2D eigenvalue weighted by molar-refractivity contribution is -0.133. The van der Waals surface area contributed by atoms with Gasteiger partial charge in [0.15, 0.2) is 0 Å². The molecule has 2 amide bonds. The molecule has 0 aliphatic carbocycles. The average molecular weight is 383 g/mol. The number of anilines is 2. The van der Waals surface area contributed by atoms with Crippen molar-refractivity contribution < 1.29 is 19.1 Å². The Bertz CT molecular complexity index is 825. The molecule has 0 fully saturated rings. The summed E-state index contributed by atoms with van der Waals surface area (Å²) >= 11 is 11.9. The zero-order chi connectivity index (χ0) is 18.6. The first-order valence-electron chi connectivity index (χ1n) is 7.15. The fourth-order valence-electron chi connectivity index (χ4n) is 2.05. The van der Waals surface area contributed by atoms with Gasteiger partial charge in [0.05, 0.1) is 24.9 Å². The van der Waals surface area contributed by atoms with Crippen molar-refractivity contribution in [2.75, 3.05) is 24.9 Å². The molecule has 0 aliphatic heterocycles. The summed E-state index contributed by atoms with van der Waals surface area (Å²) < 4.78 is 10.3. The summed E-state index contributed by atoms with van der Waals surface area (Å²) in [4.78, 5) is 24.3. The third-order valence-electron chi connectivity index (χ3n) is 3.38. The van der Waals surface area contributed by atoms with Crippen LogP contribution in [0.5, 0.6) is 11.5 Å². The Balaban J connectivity index is 2.18. The van der Waals surface area contributed by atoms with Crippen LogP contribution >= 0.6 is 23.2 Å². The first-order valence-corrected chi connectivity index (χ1v) is 7.91. The van der Waals surface area contributed by atoms with Crippen molar-refractivity contribution in [3.8, 4) is 11.5 Å². The van der Waals surface area contributed by atoms with Crippen LogP contribution in [0.2, 0.25) is 10.0 Å². The molecule has 8 heteroatoms. The number of hydrogen-bond donors (Lipinski definition) is 2. The monoisotopic (exact) mass is 382 g/mol. The van der Waals surface area contributed by atoms with Crippen LogP contribution in [0.15, 0.2) is 30.3 Å². The van der Waals surface area contributed by atoms with Gasteiger partial charge in [-0.3, -0.25) is 9.59 Å². The second kappa shape index (κ2) is 8.09. The number of aryl methyl sites for hydroxylation is 1. The van der Waals surface area contributed by atoms with E-state index in [1.165, 1.54) is 26.4 Å². The molecule has 0 radical (unpaired) electrons. The molecule has 0 saturated heterocycles. The number of halogens is 2. The summed E-state index contributed by atoms with van der Waals surface area (Å²) in [5.41, 5.74) is 1.48. The predicted molar refractivity (Wildman–Crippen MR) is 98.0 cm³/mol. The Morgan fingerprint density at radius 2 is 1.48 bits per heavy atom. The summed E-state index contributed by atoms with van der Waals surface area (Å²) in [6, 6.07) is 7.94. The maximum Gasteiger partial charge on any atom is 0.314 e. The molecular formula is C17H16Cl2N2O4. The lowest BCUT2D eigenvalue weighted by atomic mass is 10.2. The summed E-state index contributed by atoms with van der Waals surface area (Å²) in [5, 5.41) is 5.75. The molecule has 0 saturated carbocycles. The van der Waals surface area contributed by atoms with Crippen LogP contribution in [0, 0.1) is 6.92 Å². The van der Waals surface area contributed by atoms with Crippen molar-refractivity contribution in [2.24, 2.45) is 0 Å². The number of methoxy groups -OCH3 is 2. The third kappa shape index (κ3) is 4.55. The van der Waals surface area contributed by atoms with Gasteiger partial charge >= 0.3 is 11.8 Å². The highest BCUT2D eigenvalue weighted by molar-refractivity contribution is 6.44. The van der Waals surface area contributed by atoms with Gasteiger partial charge in [-0.25, -0.2) is 0 Å². The van der Waals surface area contributed by atoms with Gasteiger partial charge in [-0.2, -0.15) is 0 Å². The van der Waals surface area contributed by atoms with E-state index in [0.29, 0.717) is 27.2 Å². The van der Waals surface area contributed by atoms with Crippen LogP contribution in [0.4, 0.5) is 11.4 Å². The molecule has 0 atom stereocenters. The number of amides is 2. The minimum atomic E-state index is -0.873. The van der Waals surface area contributed by atoms with E-state index in [-0.39, 0.29) is 5.69 Å². The zero-order valence-corrected chi connectivity index (χ0v) is 15.3. The largest absolute Gasteiger partial charge is 0.495 e. The number of nitrogens with one attached hydrogen (secondary N) is 2. The van der Waals surface area contributed by atoms with E-state index < -0.39 is 11.8 Å². The van der Waals surface area contributed by atoms with Crippen molar-refractivity contribution in [1.29, 1.82) is 0 Å². The fraction of sp³-hybridized carbons (Fsp3) is 0.176. The van der Waals surface area contributed by atoms with E-state index in [4.69, 9.17) is 32.7 Å². The maximum absolute atomic E-state index is 12.2. The van der Waals surface area contributed by atoms with Crippen LogP contribution in [-0.2, 0) is 9.59 Å². The minimum absolute atomic E-state index is 0.256. The lowest BCUT2D eigenvalue weighted by Crippen LogP contribution is -2.29. The standard InChI is InChI=1S/C17H16Cl2N2O4/c1-9-4-5-10(18)6-12(9)20-16(22)17(23)21-13-8-14(24-2)11(19)7-15(13)25-3/h4-8H,1-3H3,(H,20,22)(H,21,23). The second-order valence-corrected chi connectivity index (χ2v) is 5.90. The number of hydrogen-bond acceptors (Lipinski definition) is 4. The van der Waals surface area contributed by atoms with Gasteiger partial charge in [-0.1, -0.05) is 29.3 Å². The molecule has 2 rings (SSSR count). The van der Waals surface area contributed by atoms with E-state index in [9.17, 15) is 9.59 Å². The van der Waals surface area contributed by atoms with E-state index in [1.54, 1.807) is 25.1 Å². The second-order valence-electron chi connectivity index (χ2n) is 5.05. The van der Waals surface area contributed by atoms with Crippen molar-refractivity contribution >= 4 is 46.4 Å². The number of benzene rings is 2. The Morgan fingerprint density at radius 1 is 0.880 bits per heavy atom. The van der Waals surface area contributed by atoms with Crippen LogP contribution in [0.1, 0.15) is 5.56 Å². The SMILES string of the molecule is COc1cc(NC(=O)C(=O)Nc2cc(Cl)ccc2C)c(OC)cc1Cl. The number of ether oxygens (including phenoxy) is 2. The molecule has 0 spiro atoms. The average Bonchev–Trinajstić information content (AvgIpc) is 2.59. The van der Waals surface area contributed by atoms with Crippen LogP contribution in [-0.4, -0.2) is 26.0 Å². The summed E-state index contributed by atoms with van der Waals surface area (Å²) in [6.45, 7) is 1.79. The molecule has 0 unspecified atom stereocenters. The fourth-order valence-corrected chi connectivity index (χ4v) is 2.45. The third-order valence-corrected chi connectivity index (χ3v) is 3.91. The number of carbonyl (C=O) groups is 2. The van der Waals surface area contributed by atoms with Gasteiger partial charge in [0.2, 0.25) is 0 Å². The molecule has 0 bridgehead atoms. The highest BCUT2D eigenvalue weighted by Gasteiger charge is 2.18. The molecule has 0 aromatic heterocycles. The zero-order valence-electron chi connectivity index (χ0n) is 13.8. The summed E-state index contributed by atoms with van der Waals surface area (Å²) in [7, 11) is 2.86. The Morgan fingerprint density at radius 3 is 2.08 bits per heavy atom. The molecule has 2 aromatic carbocycles. The van der Waals surface area contributed by atoms with Crippen molar-refractivity contribution in [3.63, 3.8) is 0 Å². The minimum Gasteiger partial charge on any atom is -0.495 e. The smallest absolute Gasteiger partial charge is 0.314 e. The van der Waals surface area contributed by atoms with Gasteiger partial charge in [0.25, 0.3) is 0 Å². The molecule has 25 heavy (non-hydrogen) atoms. The Kier molecular flexibility index (Phi) is 6.12. The van der Waals surface area contributed by atoms with E-state index >= 15 is 0 Å². The van der Waals surface area contributed by atoms with E-state index in [0.717, 1.165) is 5.56 Å². The van der Waals surface area contributed by atoms with Crippen LogP contribution in [0.3, 0.4) is 0 Å². The Hall–Kier alpha value is -2.44. The number of carbonyl (C=O) groups excluding carboxylic acids is 2. The van der Waals surface area contributed by atoms with Gasteiger partial charge in [-0.15, -0.1) is 0 Å². The molecule has 132 valence electrons. The number of rotatable bonds is 4. The molecule has 2 N–H and O–H groups in total. The van der Waals surface area contributed by atoms with Crippen molar-refractivity contribution in [3.05, 3.63) is 45.9 Å². The van der Waals surface area contributed by atoms with E-state index in [2.05, 4.69) is 10.6 Å². The van der Waals surface area contributed by atoms with E-state index in [1.807, 2.05) is 0 Å². The first-order chi connectivity index (χ1) is 11.8. The van der Waals surface area contributed by atoms with Gasteiger partial charge in [0.1, 0.15) is 11.5 Å². The van der Waals surface area contributed by atoms with Gasteiger partial charge < -0.3 is 20.1 Å². The quantitative estimate of drug-likeness (QED) is 0.786. The first kappa shape index (κ1) is 18.9. The summed E-state index contributed by atoms with van der Waals surface area (Å²) in [5.74, 6) is -1.09. The van der Waals surface area contributed by atoms with Crippen molar-refractivity contribution in [2.45, 2.75) is 6.92 Å². The summed E-state index contributed by atoms with van der Waals surface area (Å²) in [6.07, 6.45) is 0. The van der Waals surface area contributed by atoms with Crippen LogP contribution in [0.25, 0.3) is 0 Å². The van der Waals surface area contributed by atoms with Gasteiger partial charge in [0, 0.05) is 22.8 Å². The molecule has 6 nitrogen and oxygen atoms in total. The highest BCUT2D eigenvalue weighted by Crippen LogP contribution is 2.35. The Labute approximate surface area is 155 Å². The highest BCUT2D eigenvalue weighted by atomic mass is 35.5. The molecule has 0 aliphatic rings. The van der Waals surface area contributed by atoms with Crippen molar-refractivity contribution in [1.82, 2.24) is 0 Å². The lowest BCUT2D eigenvalue weighted by Gasteiger charge is -2.13. The molecule has 0 heterocycles. The predicted octanol–water partition coefficient (Wildman–Crippen LogP) is 3.90. The van der Waals surface area contributed by atoms with Crippen LogP contribution < -0.4 is 20.1 Å². The molecule has 2 aromatic rings. The molecular weight excluding hydrogens is 367 g/mol.